The van der Waals surface area contributed by atoms with Crippen molar-refractivity contribution in [2.45, 2.75) is 52.0 Å². The third kappa shape index (κ3) is 6.19. The van der Waals surface area contributed by atoms with Gasteiger partial charge in [0, 0.05) is 44.8 Å². The van der Waals surface area contributed by atoms with Crippen LogP contribution in [0, 0.1) is 11.8 Å². The molecule has 162 valence electrons. The molecule has 5 heteroatoms. The molecule has 2 heterocycles. The summed E-state index contributed by atoms with van der Waals surface area (Å²) in [6, 6.07) is 8.94. The number of hydrogen-bond donors (Lipinski definition) is 0. The van der Waals surface area contributed by atoms with Crippen molar-refractivity contribution in [3.63, 3.8) is 0 Å². The van der Waals surface area contributed by atoms with E-state index in [9.17, 15) is 4.79 Å². The summed E-state index contributed by atoms with van der Waals surface area (Å²) in [7, 11) is 1.71. The van der Waals surface area contributed by atoms with Crippen molar-refractivity contribution in [2.24, 2.45) is 11.8 Å². The maximum absolute atomic E-state index is 12.7. The van der Waals surface area contributed by atoms with Gasteiger partial charge in [0.25, 0.3) is 0 Å². The van der Waals surface area contributed by atoms with E-state index in [0.717, 1.165) is 77.2 Å². The first-order valence-electron chi connectivity index (χ1n) is 11.3. The Morgan fingerprint density at radius 1 is 1.17 bits per heavy atom. The van der Waals surface area contributed by atoms with E-state index < -0.39 is 0 Å². The Morgan fingerprint density at radius 3 is 2.41 bits per heavy atom. The van der Waals surface area contributed by atoms with E-state index in [1.807, 2.05) is 12.1 Å². The molecular weight excluding hydrogens is 364 g/mol. The van der Waals surface area contributed by atoms with E-state index in [4.69, 9.17) is 9.47 Å². The molecule has 0 N–H and O–H groups in total. The van der Waals surface area contributed by atoms with Gasteiger partial charge in [0.2, 0.25) is 5.91 Å². The topological polar surface area (TPSA) is 42.0 Å². The number of benzene rings is 1. The fraction of sp³-hybridized carbons (Fsp3) is 0.708. The van der Waals surface area contributed by atoms with Gasteiger partial charge in [-0.3, -0.25) is 4.79 Å². The van der Waals surface area contributed by atoms with Crippen molar-refractivity contribution in [2.75, 3.05) is 46.5 Å². The quantitative estimate of drug-likeness (QED) is 0.666. The normalized spacial score (nSPS) is 20.1. The summed E-state index contributed by atoms with van der Waals surface area (Å²) in [5.74, 6) is 2.16. The summed E-state index contributed by atoms with van der Waals surface area (Å²) in [5, 5.41) is 0. The second kappa shape index (κ2) is 11.0. The van der Waals surface area contributed by atoms with Crippen LogP contribution in [0.1, 0.15) is 45.1 Å². The van der Waals surface area contributed by atoms with Crippen molar-refractivity contribution < 1.29 is 14.3 Å². The Balaban J connectivity index is 1.45. The van der Waals surface area contributed by atoms with Crippen LogP contribution in [-0.2, 0) is 16.0 Å². The van der Waals surface area contributed by atoms with E-state index in [-0.39, 0.29) is 5.92 Å². The monoisotopic (exact) mass is 402 g/mol. The van der Waals surface area contributed by atoms with Crippen molar-refractivity contribution in [3.05, 3.63) is 29.8 Å². The molecule has 0 radical (unpaired) electrons. The standard InChI is InChI=1S/C24H38N2O3/c1-4-25(19(2)17-20-5-7-23(28-3)8-6-20)18-21-9-13-26(14-10-21)24(27)22-11-15-29-16-12-22/h5-8,19,21-22H,4,9-18H2,1-3H3. The molecule has 1 unspecified atom stereocenters. The van der Waals surface area contributed by atoms with Crippen LogP contribution in [0.3, 0.4) is 0 Å². The van der Waals surface area contributed by atoms with Gasteiger partial charge < -0.3 is 19.3 Å². The van der Waals surface area contributed by atoms with Crippen LogP contribution < -0.4 is 4.74 Å². The molecule has 0 saturated carbocycles. The lowest BCUT2D eigenvalue weighted by molar-refractivity contribution is -0.140. The second-order valence-electron chi connectivity index (χ2n) is 8.64. The Morgan fingerprint density at radius 2 is 1.83 bits per heavy atom. The number of carbonyl (C=O) groups excluding carboxylic acids is 1. The number of methoxy groups -OCH3 is 1. The fourth-order valence-corrected chi connectivity index (χ4v) is 4.72. The van der Waals surface area contributed by atoms with Gasteiger partial charge >= 0.3 is 0 Å². The van der Waals surface area contributed by atoms with Crippen molar-refractivity contribution in [3.8, 4) is 5.75 Å². The molecule has 1 aromatic carbocycles. The minimum Gasteiger partial charge on any atom is -0.497 e. The molecule has 29 heavy (non-hydrogen) atoms. The van der Waals surface area contributed by atoms with E-state index >= 15 is 0 Å². The molecule has 2 aliphatic rings. The number of amides is 1. The van der Waals surface area contributed by atoms with Gasteiger partial charge in [-0.25, -0.2) is 0 Å². The Hall–Kier alpha value is -1.59. The maximum Gasteiger partial charge on any atom is 0.225 e. The molecule has 1 amide bonds. The van der Waals surface area contributed by atoms with Crippen LogP contribution >= 0.6 is 0 Å². The number of likely N-dealkylation sites (tertiary alicyclic amines) is 1. The highest BCUT2D eigenvalue weighted by atomic mass is 16.5. The molecule has 1 atom stereocenters. The predicted octanol–water partition coefficient (Wildman–Crippen LogP) is 3.61. The number of ether oxygens (including phenoxy) is 2. The second-order valence-corrected chi connectivity index (χ2v) is 8.64. The average molecular weight is 403 g/mol. The van der Waals surface area contributed by atoms with Gasteiger partial charge in [-0.15, -0.1) is 0 Å². The van der Waals surface area contributed by atoms with E-state index in [0.29, 0.717) is 17.9 Å². The lowest BCUT2D eigenvalue weighted by Gasteiger charge is -2.38. The van der Waals surface area contributed by atoms with Crippen LogP contribution in [0.5, 0.6) is 5.75 Å². The van der Waals surface area contributed by atoms with E-state index in [1.54, 1.807) is 7.11 Å². The molecular formula is C24H38N2O3. The first kappa shape index (κ1) is 22.1. The largest absolute Gasteiger partial charge is 0.497 e. The summed E-state index contributed by atoms with van der Waals surface area (Å²) in [6.07, 6.45) is 5.09. The Bertz CT molecular complexity index is 620. The van der Waals surface area contributed by atoms with Gasteiger partial charge in [0.15, 0.2) is 0 Å². The van der Waals surface area contributed by atoms with Crippen LogP contribution in [0.25, 0.3) is 0 Å². The van der Waals surface area contributed by atoms with Gasteiger partial charge in [-0.1, -0.05) is 19.1 Å². The Kier molecular flexibility index (Phi) is 8.37. The molecule has 0 aliphatic carbocycles. The highest BCUT2D eigenvalue weighted by molar-refractivity contribution is 5.79. The molecule has 1 aromatic rings. The molecule has 2 aliphatic heterocycles. The van der Waals surface area contributed by atoms with Crippen LogP contribution in [0.4, 0.5) is 0 Å². The highest BCUT2D eigenvalue weighted by Crippen LogP contribution is 2.24. The summed E-state index contributed by atoms with van der Waals surface area (Å²) in [6.45, 7) is 10.1. The summed E-state index contributed by atoms with van der Waals surface area (Å²) >= 11 is 0. The van der Waals surface area contributed by atoms with Gasteiger partial charge in [-0.05, 0) is 69.2 Å². The Labute approximate surface area is 176 Å². The first-order valence-corrected chi connectivity index (χ1v) is 11.3. The molecule has 0 bridgehead atoms. The van der Waals surface area contributed by atoms with Gasteiger partial charge in [0.05, 0.1) is 7.11 Å². The average Bonchev–Trinajstić information content (AvgIpc) is 2.78. The number of carbonyl (C=O) groups is 1. The SMILES string of the molecule is CCN(CC1CCN(C(=O)C2CCOCC2)CC1)C(C)Cc1ccc(OC)cc1. The predicted molar refractivity (Wildman–Crippen MR) is 116 cm³/mol. The van der Waals surface area contributed by atoms with Crippen LogP contribution in [-0.4, -0.2) is 68.3 Å². The number of likely N-dealkylation sites (N-methyl/N-ethyl adjacent to an activating group) is 1. The third-order valence-electron chi connectivity index (χ3n) is 6.71. The zero-order valence-electron chi connectivity index (χ0n) is 18.4. The highest BCUT2D eigenvalue weighted by Gasteiger charge is 2.30. The molecule has 5 nitrogen and oxygen atoms in total. The molecule has 3 rings (SSSR count). The third-order valence-corrected chi connectivity index (χ3v) is 6.71. The summed E-state index contributed by atoms with van der Waals surface area (Å²) < 4.78 is 10.7. The van der Waals surface area contributed by atoms with Crippen LogP contribution in [0.15, 0.2) is 24.3 Å². The van der Waals surface area contributed by atoms with Gasteiger partial charge in [0.1, 0.15) is 5.75 Å². The minimum atomic E-state index is 0.192. The lowest BCUT2D eigenvalue weighted by Crippen LogP contribution is -2.46. The van der Waals surface area contributed by atoms with Crippen molar-refractivity contribution >= 4 is 5.91 Å². The van der Waals surface area contributed by atoms with Crippen molar-refractivity contribution in [1.29, 1.82) is 0 Å². The first-order chi connectivity index (χ1) is 14.1. The molecule has 2 saturated heterocycles. The zero-order valence-corrected chi connectivity index (χ0v) is 18.4. The van der Waals surface area contributed by atoms with E-state index in [1.165, 1.54) is 5.56 Å². The smallest absolute Gasteiger partial charge is 0.225 e. The maximum atomic E-state index is 12.7. The molecule has 0 spiro atoms. The summed E-state index contributed by atoms with van der Waals surface area (Å²) in [5.41, 5.74) is 1.36. The summed E-state index contributed by atoms with van der Waals surface area (Å²) in [4.78, 5) is 17.5. The number of nitrogens with zero attached hydrogens (tertiary/aromatic N) is 2. The fourth-order valence-electron chi connectivity index (χ4n) is 4.72. The zero-order chi connectivity index (χ0) is 20.6. The van der Waals surface area contributed by atoms with E-state index in [2.05, 4.69) is 35.8 Å². The van der Waals surface area contributed by atoms with Crippen molar-refractivity contribution in [1.82, 2.24) is 9.80 Å². The number of rotatable bonds is 8. The van der Waals surface area contributed by atoms with Gasteiger partial charge in [-0.2, -0.15) is 0 Å². The minimum absolute atomic E-state index is 0.192. The number of hydrogen-bond acceptors (Lipinski definition) is 4. The van der Waals surface area contributed by atoms with Crippen LogP contribution in [0.2, 0.25) is 0 Å². The molecule has 0 aromatic heterocycles. The number of piperidine rings is 1. The molecule has 2 fully saturated rings. The lowest BCUT2D eigenvalue weighted by atomic mass is 9.92.